The van der Waals surface area contributed by atoms with Gasteiger partial charge in [0, 0.05) is 23.2 Å². The zero-order valence-electron chi connectivity index (χ0n) is 16.7. The summed E-state index contributed by atoms with van der Waals surface area (Å²) in [6.07, 6.45) is 5.00. The minimum atomic E-state index is -0.0316. The Kier molecular flexibility index (Phi) is 5.50. The third-order valence-electron chi connectivity index (χ3n) is 6.75. The Balaban J connectivity index is 1.26. The minimum Gasteiger partial charge on any atom is -0.349 e. The van der Waals surface area contributed by atoms with Gasteiger partial charge in [0.1, 0.15) is 5.37 Å². The van der Waals surface area contributed by atoms with Crippen LogP contribution in [0.1, 0.15) is 52.5 Å². The zero-order chi connectivity index (χ0) is 20.7. The van der Waals surface area contributed by atoms with Crippen LogP contribution in [0.15, 0.2) is 48.5 Å². The molecule has 156 valence electrons. The van der Waals surface area contributed by atoms with Crippen LogP contribution < -0.4 is 5.32 Å². The summed E-state index contributed by atoms with van der Waals surface area (Å²) < 4.78 is 0. The van der Waals surface area contributed by atoms with E-state index in [1.54, 1.807) is 11.8 Å². The van der Waals surface area contributed by atoms with E-state index in [1.165, 1.54) is 19.3 Å². The number of nitrogens with zero attached hydrogens (tertiary/aromatic N) is 1. The van der Waals surface area contributed by atoms with E-state index in [9.17, 15) is 9.59 Å². The first-order valence-corrected chi connectivity index (χ1v) is 12.1. The van der Waals surface area contributed by atoms with Crippen molar-refractivity contribution < 1.29 is 9.59 Å². The van der Waals surface area contributed by atoms with Crippen LogP contribution in [0.4, 0.5) is 0 Å². The Morgan fingerprint density at radius 3 is 2.50 bits per heavy atom. The smallest absolute Gasteiger partial charge is 0.251 e. The number of thioether (sulfide) groups is 1. The Hall–Kier alpha value is -1.98. The number of nitrogens with one attached hydrogen (secondary N) is 1. The van der Waals surface area contributed by atoms with E-state index < -0.39 is 0 Å². The number of fused-ring (bicyclic) bond motifs is 2. The van der Waals surface area contributed by atoms with Crippen LogP contribution in [0.5, 0.6) is 0 Å². The number of hydrogen-bond donors (Lipinski definition) is 1. The van der Waals surface area contributed by atoms with Crippen LogP contribution in [0.2, 0.25) is 5.02 Å². The highest BCUT2D eigenvalue weighted by Gasteiger charge is 2.40. The lowest BCUT2D eigenvalue weighted by Crippen LogP contribution is -2.38. The van der Waals surface area contributed by atoms with Crippen molar-refractivity contribution >= 4 is 35.2 Å². The largest absolute Gasteiger partial charge is 0.349 e. The number of amides is 2. The summed E-state index contributed by atoms with van der Waals surface area (Å²) in [6.45, 7) is 0.556. The SMILES string of the molecule is O=C(N[C@H]1C[C@H]2CC[C@H]1C2)c1ccc([C@@H]2SCC(=O)N2Cc2ccc(Cl)cc2)cc1. The molecular formula is C24H25ClN2O2S. The van der Waals surface area contributed by atoms with Crippen molar-refractivity contribution in [2.24, 2.45) is 11.8 Å². The van der Waals surface area contributed by atoms with Gasteiger partial charge in [-0.15, -0.1) is 11.8 Å². The summed E-state index contributed by atoms with van der Waals surface area (Å²) in [5, 5.41) is 3.91. The third kappa shape index (κ3) is 3.97. The van der Waals surface area contributed by atoms with Crippen molar-refractivity contribution in [2.45, 2.75) is 43.6 Å². The summed E-state index contributed by atoms with van der Waals surface area (Å²) in [5.41, 5.74) is 2.80. The molecule has 1 saturated heterocycles. The van der Waals surface area contributed by atoms with Crippen LogP contribution in [0.3, 0.4) is 0 Å². The lowest BCUT2D eigenvalue weighted by atomic mass is 9.95. The second-order valence-electron chi connectivity index (χ2n) is 8.69. The van der Waals surface area contributed by atoms with Crippen LogP contribution in [-0.4, -0.2) is 28.5 Å². The fraction of sp³-hybridized carbons (Fsp3) is 0.417. The molecule has 5 rings (SSSR count). The van der Waals surface area contributed by atoms with Gasteiger partial charge in [0.25, 0.3) is 5.91 Å². The maximum absolute atomic E-state index is 12.7. The van der Waals surface area contributed by atoms with Crippen LogP contribution in [0, 0.1) is 11.8 Å². The molecule has 3 aliphatic rings. The van der Waals surface area contributed by atoms with Crippen LogP contribution in [0.25, 0.3) is 0 Å². The molecule has 2 aromatic rings. The molecule has 2 aliphatic carbocycles. The standard InChI is InChI=1S/C24H25ClN2O2S/c25-20-9-2-15(3-10-20)13-27-22(28)14-30-24(27)18-7-5-17(6-8-18)23(29)26-21-12-16-1-4-19(21)11-16/h2-3,5-10,16,19,21,24H,1,4,11-14H2,(H,26,29)/t16-,19-,21-,24-/m0/s1. The predicted molar refractivity (Wildman–Crippen MR) is 120 cm³/mol. The van der Waals surface area contributed by atoms with Crippen LogP contribution in [-0.2, 0) is 11.3 Å². The molecule has 1 heterocycles. The molecule has 1 N–H and O–H groups in total. The van der Waals surface area contributed by atoms with Gasteiger partial charge in [0.15, 0.2) is 0 Å². The van der Waals surface area contributed by atoms with Crippen molar-refractivity contribution in [3.05, 3.63) is 70.2 Å². The molecule has 0 aromatic heterocycles. The van der Waals surface area contributed by atoms with Gasteiger partial charge in [-0.1, -0.05) is 42.3 Å². The number of halogens is 1. The third-order valence-corrected chi connectivity index (χ3v) is 8.25. The molecule has 0 spiro atoms. The number of carbonyl (C=O) groups excluding carboxylic acids is 2. The van der Waals surface area contributed by atoms with Gasteiger partial charge in [-0.3, -0.25) is 9.59 Å². The second kappa shape index (κ2) is 8.27. The first-order chi connectivity index (χ1) is 14.6. The van der Waals surface area contributed by atoms with Gasteiger partial charge in [0.2, 0.25) is 5.91 Å². The summed E-state index contributed by atoms with van der Waals surface area (Å²) in [7, 11) is 0. The minimum absolute atomic E-state index is 0.0206. The fourth-order valence-electron chi connectivity index (χ4n) is 5.16. The highest BCUT2D eigenvalue weighted by molar-refractivity contribution is 8.00. The Bertz CT molecular complexity index is 947. The van der Waals surface area contributed by atoms with Crippen molar-refractivity contribution in [3.63, 3.8) is 0 Å². The van der Waals surface area contributed by atoms with E-state index in [1.807, 2.05) is 53.4 Å². The fourth-order valence-corrected chi connectivity index (χ4v) is 6.47. The van der Waals surface area contributed by atoms with E-state index in [0.29, 0.717) is 34.8 Å². The summed E-state index contributed by atoms with van der Waals surface area (Å²) >= 11 is 7.61. The quantitative estimate of drug-likeness (QED) is 0.709. The van der Waals surface area contributed by atoms with Crippen LogP contribution >= 0.6 is 23.4 Å². The molecule has 6 heteroatoms. The average Bonchev–Trinajstić information content (AvgIpc) is 3.47. The second-order valence-corrected chi connectivity index (χ2v) is 10.2. The molecule has 0 unspecified atom stereocenters. The van der Waals surface area contributed by atoms with Crippen molar-refractivity contribution in [2.75, 3.05) is 5.75 Å². The summed E-state index contributed by atoms with van der Waals surface area (Å²) in [6, 6.07) is 15.7. The van der Waals surface area contributed by atoms with Gasteiger partial charge in [0.05, 0.1) is 5.75 Å². The van der Waals surface area contributed by atoms with Gasteiger partial charge in [-0.25, -0.2) is 0 Å². The molecule has 4 nitrogen and oxygen atoms in total. The molecule has 2 bridgehead atoms. The van der Waals surface area contributed by atoms with E-state index in [2.05, 4.69) is 5.32 Å². The molecule has 0 radical (unpaired) electrons. The van der Waals surface area contributed by atoms with Gasteiger partial charge < -0.3 is 10.2 Å². The average molecular weight is 441 g/mol. The topological polar surface area (TPSA) is 49.4 Å². The highest BCUT2D eigenvalue weighted by atomic mass is 35.5. The normalized spacial score (nSPS) is 27.6. The monoisotopic (exact) mass is 440 g/mol. The first kappa shape index (κ1) is 20.0. The molecule has 2 saturated carbocycles. The van der Waals surface area contributed by atoms with Gasteiger partial charge in [-0.05, 0) is 66.5 Å². The number of rotatable bonds is 5. The number of hydrogen-bond acceptors (Lipinski definition) is 3. The Morgan fingerprint density at radius 1 is 1.07 bits per heavy atom. The Morgan fingerprint density at radius 2 is 1.83 bits per heavy atom. The maximum atomic E-state index is 12.7. The van der Waals surface area contributed by atoms with E-state index in [4.69, 9.17) is 11.6 Å². The number of carbonyl (C=O) groups is 2. The Labute approximate surface area is 186 Å². The summed E-state index contributed by atoms with van der Waals surface area (Å²) in [4.78, 5) is 27.1. The molecule has 30 heavy (non-hydrogen) atoms. The number of benzene rings is 2. The first-order valence-electron chi connectivity index (χ1n) is 10.6. The maximum Gasteiger partial charge on any atom is 0.251 e. The highest BCUT2D eigenvalue weighted by Crippen LogP contribution is 2.44. The van der Waals surface area contributed by atoms with E-state index in [0.717, 1.165) is 23.5 Å². The van der Waals surface area contributed by atoms with Crippen molar-refractivity contribution in [3.8, 4) is 0 Å². The molecular weight excluding hydrogens is 416 g/mol. The molecule has 2 aromatic carbocycles. The van der Waals surface area contributed by atoms with E-state index >= 15 is 0 Å². The lowest BCUT2D eigenvalue weighted by molar-refractivity contribution is -0.128. The van der Waals surface area contributed by atoms with E-state index in [-0.39, 0.29) is 17.2 Å². The van der Waals surface area contributed by atoms with Gasteiger partial charge >= 0.3 is 0 Å². The summed E-state index contributed by atoms with van der Waals surface area (Å²) in [5.74, 6) is 2.11. The molecule has 3 fully saturated rings. The zero-order valence-corrected chi connectivity index (χ0v) is 18.3. The lowest BCUT2D eigenvalue weighted by Gasteiger charge is -2.25. The molecule has 2 amide bonds. The van der Waals surface area contributed by atoms with Gasteiger partial charge in [-0.2, -0.15) is 0 Å². The van der Waals surface area contributed by atoms with Crippen molar-refractivity contribution in [1.29, 1.82) is 0 Å². The molecule has 4 atom stereocenters. The molecule has 1 aliphatic heterocycles. The van der Waals surface area contributed by atoms with Crippen molar-refractivity contribution in [1.82, 2.24) is 10.2 Å². The predicted octanol–water partition coefficient (Wildman–Crippen LogP) is 5.03.